The quantitative estimate of drug-likeness (QED) is 0.262. The predicted octanol–water partition coefficient (Wildman–Crippen LogP) is -0.105. The summed E-state index contributed by atoms with van der Waals surface area (Å²) in [6.45, 7) is 0.659. The Bertz CT molecular complexity index is 311. The van der Waals surface area contributed by atoms with E-state index >= 15 is 0 Å². The highest BCUT2D eigenvalue weighted by Crippen LogP contribution is 1.98. The maximum atomic E-state index is 8.42. The summed E-state index contributed by atoms with van der Waals surface area (Å²) in [5, 5.41) is 14.3. The van der Waals surface area contributed by atoms with Crippen LogP contribution in [0.25, 0.3) is 0 Å². The van der Waals surface area contributed by atoms with Crippen LogP contribution in [0.15, 0.2) is 23.4 Å². The van der Waals surface area contributed by atoms with Gasteiger partial charge in [-0.2, -0.15) is 0 Å². The Morgan fingerprint density at radius 2 is 2.46 bits per heavy atom. The lowest BCUT2D eigenvalue weighted by Gasteiger charge is -2.01. The molecule has 0 aromatic carbocycles. The molecule has 4 N–H and O–H groups in total. The molecule has 0 radical (unpaired) electrons. The molecule has 1 rings (SSSR count). The largest absolute Gasteiger partial charge is 0.409 e. The molecule has 0 aliphatic carbocycles. The summed E-state index contributed by atoms with van der Waals surface area (Å²) in [6.07, 6.45) is 0. The van der Waals surface area contributed by atoms with Crippen molar-refractivity contribution in [2.75, 3.05) is 7.05 Å². The Morgan fingerprint density at radius 3 is 3.08 bits per heavy atom. The van der Waals surface area contributed by atoms with E-state index in [9.17, 15) is 0 Å². The zero-order valence-electron chi connectivity index (χ0n) is 7.36. The number of nitrogens with zero attached hydrogens (tertiary/aromatic N) is 2. The molecule has 0 amide bonds. The van der Waals surface area contributed by atoms with E-state index in [1.54, 1.807) is 6.07 Å². The van der Waals surface area contributed by atoms with Crippen molar-refractivity contribution in [3.63, 3.8) is 0 Å². The second-order valence-corrected chi connectivity index (χ2v) is 2.53. The van der Waals surface area contributed by atoms with Crippen LogP contribution in [0.3, 0.4) is 0 Å². The molecule has 0 bridgehead atoms. The van der Waals surface area contributed by atoms with E-state index in [0.29, 0.717) is 12.2 Å². The molecule has 1 heterocycles. The molecule has 70 valence electrons. The van der Waals surface area contributed by atoms with Gasteiger partial charge in [0.25, 0.3) is 0 Å². The summed E-state index contributed by atoms with van der Waals surface area (Å²) in [4.78, 5) is 4.15. The molecule has 0 atom stereocenters. The van der Waals surface area contributed by atoms with Crippen LogP contribution in [0.1, 0.15) is 11.4 Å². The monoisotopic (exact) mass is 180 g/mol. The van der Waals surface area contributed by atoms with Gasteiger partial charge in [0.2, 0.25) is 0 Å². The summed E-state index contributed by atoms with van der Waals surface area (Å²) in [7, 11) is 1.83. The highest BCUT2D eigenvalue weighted by Gasteiger charge is 2.00. The van der Waals surface area contributed by atoms with Gasteiger partial charge in [-0.15, -0.1) is 0 Å². The third-order valence-corrected chi connectivity index (χ3v) is 1.53. The lowest BCUT2D eigenvalue weighted by atomic mass is 10.3. The maximum Gasteiger partial charge on any atom is 0.188 e. The number of aromatic nitrogens is 1. The van der Waals surface area contributed by atoms with Crippen LogP contribution in [0.5, 0.6) is 0 Å². The summed E-state index contributed by atoms with van der Waals surface area (Å²) in [6, 6.07) is 5.37. The summed E-state index contributed by atoms with van der Waals surface area (Å²) < 4.78 is 0. The van der Waals surface area contributed by atoms with E-state index in [4.69, 9.17) is 10.9 Å². The number of hydrogen-bond acceptors (Lipinski definition) is 4. The number of amidine groups is 1. The van der Waals surface area contributed by atoms with E-state index in [-0.39, 0.29) is 5.84 Å². The number of rotatable bonds is 3. The fourth-order valence-corrected chi connectivity index (χ4v) is 0.953. The SMILES string of the molecule is CNCc1cccc(/C(N)=N/O)n1. The van der Waals surface area contributed by atoms with Crippen molar-refractivity contribution in [2.24, 2.45) is 10.9 Å². The fraction of sp³-hybridized carbons (Fsp3) is 0.250. The minimum atomic E-state index is 0.0259. The van der Waals surface area contributed by atoms with E-state index in [0.717, 1.165) is 5.69 Å². The Hall–Kier alpha value is -1.62. The van der Waals surface area contributed by atoms with Crippen molar-refractivity contribution in [1.82, 2.24) is 10.3 Å². The Kier molecular flexibility index (Phi) is 3.22. The minimum Gasteiger partial charge on any atom is -0.409 e. The van der Waals surface area contributed by atoms with Gasteiger partial charge in [0.1, 0.15) is 5.69 Å². The third-order valence-electron chi connectivity index (χ3n) is 1.53. The van der Waals surface area contributed by atoms with Crippen LogP contribution in [0.2, 0.25) is 0 Å². The van der Waals surface area contributed by atoms with Gasteiger partial charge >= 0.3 is 0 Å². The molecule has 0 saturated heterocycles. The molecule has 0 fully saturated rings. The summed E-state index contributed by atoms with van der Waals surface area (Å²) in [5.41, 5.74) is 6.71. The standard InChI is InChI=1S/C8H12N4O/c1-10-5-6-3-2-4-7(11-6)8(9)12-13/h2-4,10,13H,5H2,1H3,(H2,9,12). The number of oxime groups is 1. The first-order valence-electron chi connectivity index (χ1n) is 3.86. The molecule has 5 nitrogen and oxygen atoms in total. The highest BCUT2D eigenvalue weighted by atomic mass is 16.4. The first kappa shape index (κ1) is 9.47. The molecule has 13 heavy (non-hydrogen) atoms. The molecular weight excluding hydrogens is 168 g/mol. The molecule has 1 aromatic heterocycles. The molecule has 0 spiro atoms. The van der Waals surface area contributed by atoms with Crippen LogP contribution in [0.4, 0.5) is 0 Å². The first-order valence-corrected chi connectivity index (χ1v) is 3.86. The van der Waals surface area contributed by atoms with Gasteiger partial charge < -0.3 is 16.3 Å². The molecule has 0 aliphatic rings. The molecule has 5 heteroatoms. The van der Waals surface area contributed by atoms with E-state index in [2.05, 4.69) is 15.5 Å². The van der Waals surface area contributed by atoms with Gasteiger partial charge in [0.15, 0.2) is 5.84 Å². The smallest absolute Gasteiger partial charge is 0.188 e. The molecular formula is C8H12N4O. The van der Waals surface area contributed by atoms with Gasteiger partial charge in [0.05, 0.1) is 5.69 Å². The van der Waals surface area contributed by atoms with Crippen LogP contribution in [0, 0.1) is 0 Å². The fourth-order valence-electron chi connectivity index (χ4n) is 0.953. The molecule has 0 saturated carbocycles. The number of nitrogens with one attached hydrogen (secondary N) is 1. The number of nitrogens with two attached hydrogens (primary N) is 1. The average Bonchev–Trinajstić information content (AvgIpc) is 2.18. The van der Waals surface area contributed by atoms with E-state index in [1.165, 1.54) is 0 Å². The second-order valence-electron chi connectivity index (χ2n) is 2.53. The average molecular weight is 180 g/mol. The summed E-state index contributed by atoms with van der Waals surface area (Å²) in [5.74, 6) is 0.0259. The normalized spacial score (nSPS) is 11.6. The Balaban J connectivity index is 2.91. The van der Waals surface area contributed by atoms with Crippen molar-refractivity contribution in [2.45, 2.75) is 6.54 Å². The van der Waals surface area contributed by atoms with Crippen LogP contribution in [-0.4, -0.2) is 23.1 Å². The number of pyridine rings is 1. The number of hydrogen-bond donors (Lipinski definition) is 3. The van der Waals surface area contributed by atoms with Gasteiger partial charge in [-0.25, -0.2) is 4.98 Å². The minimum absolute atomic E-state index is 0.0259. The Labute approximate surface area is 76.3 Å². The zero-order chi connectivity index (χ0) is 9.68. The van der Waals surface area contributed by atoms with Crippen LogP contribution >= 0.6 is 0 Å². The second kappa shape index (κ2) is 4.42. The van der Waals surface area contributed by atoms with Crippen molar-refractivity contribution in [3.05, 3.63) is 29.6 Å². The predicted molar refractivity (Wildman–Crippen MR) is 49.5 cm³/mol. The van der Waals surface area contributed by atoms with Gasteiger partial charge in [-0.05, 0) is 19.2 Å². The van der Waals surface area contributed by atoms with Crippen LogP contribution in [-0.2, 0) is 6.54 Å². The lowest BCUT2D eigenvalue weighted by molar-refractivity contribution is 0.318. The van der Waals surface area contributed by atoms with Crippen molar-refractivity contribution >= 4 is 5.84 Å². The van der Waals surface area contributed by atoms with Gasteiger partial charge in [0, 0.05) is 6.54 Å². The highest BCUT2D eigenvalue weighted by molar-refractivity contribution is 5.95. The zero-order valence-corrected chi connectivity index (χ0v) is 7.36. The summed E-state index contributed by atoms with van der Waals surface area (Å²) >= 11 is 0. The van der Waals surface area contributed by atoms with Crippen molar-refractivity contribution < 1.29 is 5.21 Å². The molecule has 0 aliphatic heterocycles. The molecule has 0 unspecified atom stereocenters. The lowest BCUT2D eigenvalue weighted by Crippen LogP contribution is -2.16. The maximum absolute atomic E-state index is 8.42. The van der Waals surface area contributed by atoms with Crippen molar-refractivity contribution in [1.29, 1.82) is 0 Å². The molecule has 1 aromatic rings. The van der Waals surface area contributed by atoms with Gasteiger partial charge in [-0.3, -0.25) is 0 Å². The van der Waals surface area contributed by atoms with E-state index < -0.39 is 0 Å². The van der Waals surface area contributed by atoms with Crippen molar-refractivity contribution in [3.8, 4) is 0 Å². The van der Waals surface area contributed by atoms with E-state index in [1.807, 2.05) is 19.2 Å². The Morgan fingerprint density at radius 1 is 1.69 bits per heavy atom. The topological polar surface area (TPSA) is 83.5 Å². The van der Waals surface area contributed by atoms with Gasteiger partial charge in [-0.1, -0.05) is 11.2 Å². The first-order chi connectivity index (χ1) is 6.27. The van der Waals surface area contributed by atoms with Crippen LogP contribution < -0.4 is 11.1 Å². The third kappa shape index (κ3) is 2.41.